The van der Waals surface area contributed by atoms with Crippen molar-refractivity contribution in [1.82, 2.24) is 14.5 Å². The van der Waals surface area contributed by atoms with Crippen LogP contribution in [-0.2, 0) is 6.54 Å². The van der Waals surface area contributed by atoms with Crippen LogP contribution < -0.4 is 10.3 Å². The second-order valence-corrected chi connectivity index (χ2v) is 4.27. The Hall–Kier alpha value is -2.69. The van der Waals surface area contributed by atoms with Crippen LogP contribution in [0.2, 0.25) is 0 Å². The van der Waals surface area contributed by atoms with Crippen molar-refractivity contribution < 1.29 is 4.74 Å². The predicted octanol–water partition coefficient (Wildman–Crippen LogP) is 2.60. The predicted molar refractivity (Wildman–Crippen MR) is 76.0 cm³/mol. The zero-order chi connectivity index (χ0) is 13.9. The third-order valence-electron chi connectivity index (χ3n) is 2.98. The molecular weight excluding hydrogens is 254 g/mol. The molecule has 0 unspecified atom stereocenters. The molecule has 0 atom stereocenters. The second kappa shape index (κ2) is 5.13. The van der Waals surface area contributed by atoms with E-state index >= 15 is 0 Å². The minimum absolute atomic E-state index is 0.0639. The summed E-state index contributed by atoms with van der Waals surface area (Å²) >= 11 is 0. The number of aromatic nitrogens is 3. The summed E-state index contributed by atoms with van der Waals surface area (Å²) < 4.78 is 7.25. The number of rotatable bonds is 3. The third kappa shape index (κ3) is 2.25. The molecule has 100 valence electrons. The van der Waals surface area contributed by atoms with E-state index in [1.54, 1.807) is 47.3 Å². The molecule has 0 amide bonds. The SMILES string of the molecule is CCn1c(=O)ccc2ccc(Oc3cccnc3)nc21. The molecule has 3 aromatic rings. The number of aryl methyl sites for hydroxylation is 1. The minimum atomic E-state index is -0.0639. The van der Waals surface area contributed by atoms with Crippen LogP contribution in [0.4, 0.5) is 0 Å². The van der Waals surface area contributed by atoms with Gasteiger partial charge in [0.05, 0.1) is 6.20 Å². The molecule has 0 aromatic carbocycles. The van der Waals surface area contributed by atoms with Gasteiger partial charge in [0.25, 0.3) is 5.56 Å². The van der Waals surface area contributed by atoms with Gasteiger partial charge in [-0.3, -0.25) is 14.3 Å². The summed E-state index contributed by atoms with van der Waals surface area (Å²) in [7, 11) is 0. The number of nitrogens with zero attached hydrogens (tertiary/aromatic N) is 3. The van der Waals surface area contributed by atoms with Gasteiger partial charge >= 0.3 is 0 Å². The Morgan fingerprint density at radius 1 is 1.20 bits per heavy atom. The molecule has 0 N–H and O–H groups in total. The number of hydrogen-bond acceptors (Lipinski definition) is 4. The Balaban J connectivity index is 2.08. The normalized spacial score (nSPS) is 10.7. The molecule has 0 fully saturated rings. The van der Waals surface area contributed by atoms with Crippen molar-refractivity contribution in [3.63, 3.8) is 0 Å². The number of pyridine rings is 3. The molecule has 0 aliphatic carbocycles. The Bertz CT molecular complexity index is 797. The maximum atomic E-state index is 11.8. The Morgan fingerprint density at radius 2 is 2.05 bits per heavy atom. The molecule has 3 heterocycles. The molecular formula is C15H13N3O2. The third-order valence-corrected chi connectivity index (χ3v) is 2.98. The van der Waals surface area contributed by atoms with Crippen LogP contribution in [0.5, 0.6) is 11.6 Å². The summed E-state index contributed by atoms with van der Waals surface area (Å²) in [6, 6.07) is 10.6. The van der Waals surface area contributed by atoms with E-state index in [-0.39, 0.29) is 5.56 Å². The summed E-state index contributed by atoms with van der Waals surface area (Å²) in [6.45, 7) is 2.48. The van der Waals surface area contributed by atoms with Gasteiger partial charge in [-0.2, -0.15) is 4.98 Å². The van der Waals surface area contributed by atoms with E-state index in [1.165, 1.54) is 0 Å². The number of ether oxygens (including phenoxy) is 1. The van der Waals surface area contributed by atoms with Gasteiger partial charge < -0.3 is 4.74 Å². The van der Waals surface area contributed by atoms with Crippen LogP contribution in [0.1, 0.15) is 6.92 Å². The molecule has 0 bridgehead atoms. The first-order chi connectivity index (χ1) is 9.78. The molecule has 0 spiro atoms. The van der Waals surface area contributed by atoms with Gasteiger partial charge in [-0.15, -0.1) is 0 Å². The van der Waals surface area contributed by atoms with E-state index in [0.29, 0.717) is 23.8 Å². The van der Waals surface area contributed by atoms with E-state index in [1.807, 2.05) is 13.0 Å². The molecule has 3 aromatic heterocycles. The molecule has 0 saturated carbocycles. The Labute approximate surface area is 115 Å². The second-order valence-electron chi connectivity index (χ2n) is 4.27. The largest absolute Gasteiger partial charge is 0.437 e. The molecule has 20 heavy (non-hydrogen) atoms. The van der Waals surface area contributed by atoms with Crippen LogP contribution in [-0.4, -0.2) is 14.5 Å². The zero-order valence-corrected chi connectivity index (χ0v) is 11.0. The summed E-state index contributed by atoms with van der Waals surface area (Å²) in [5, 5.41) is 0.907. The molecule has 5 nitrogen and oxygen atoms in total. The van der Waals surface area contributed by atoms with Crippen molar-refractivity contribution in [2.75, 3.05) is 0 Å². The highest BCUT2D eigenvalue weighted by molar-refractivity contribution is 5.75. The summed E-state index contributed by atoms with van der Waals surface area (Å²) in [4.78, 5) is 20.2. The van der Waals surface area contributed by atoms with Crippen molar-refractivity contribution in [2.24, 2.45) is 0 Å². The quantitative estimate of drug-likeness (QED) is 0.732. The van der Waals surface area contributed by atoms with Crippen LogP contribution in [0.25, 0.3) is 11.0 Å². The minimum Gasteiger partial charge on any atom is -0.437 e. The summed E-state index contributed by atoms with van der Waals surface area (Å²) in [5.41, 5.74) is 0.562. The highest BCUT2D eigenvalue weighted by atomic mass is 16.5. The standard InChI is InChI=1S/C15H13N3O2/c1-2-18-14(19)8-6-11-5-7-13(17-15(11)18)20-12-4-3-9-16-10-12/h3-10H,2H2,1H3. The number of fused-ring (bicyclic) bond motifs is 1. The molecule has 3 rings (SSSR count). The maximum absolute atomic E-state index is 11.8. The first kappa shape index (κ1) is 12.3. The topological polar surface area (TPSA) is 57.0 Å². The lowest BCUT2D eigenvalue weighted by atomic mass is 10.3. The van der Waals surface area contributed by atoms with Crippen LogP contribution in [0.15, 0.2) is 53.6 Å². The first-order valence-electron chi connectivity index (χ1n) is 6.36. The van der Waals surface area contributed by atoms with E-state index in [2.05, 4.69) is 9.97 Å². The highest BCUT2D eigenvalue weighted by Crippen LogP contribution is 2.20. The van der Waals surface area contributed by atoms with Gasteiger partial charge in [-0.25, -0.2) is 0 Å². The molecule has 0 aliphatic heterocycles. The van der Waals surface area contributed by atoms with Gasteiger partial charge in [0.1, 0.15) is 11.4 Å². The molecule has 5 heteroatoms. The Kier molecular flexibility index (Phi) is 3.16. The average Bonchev–Trinajstić information content (AvgIpc) is 2.48. The van der Waals surface area contributed by atoms with Crippen molar-refractivity contribution >= 4 is 11.0 Å². The fourth-order valence-corrected chi connectivity index (χ4v) is 2.03. The lowest BCUT2D eigenvalue weighted by Crippen LogP contribution is -2.18. The lowest BCUT2D eigenvalue weighted by Gasteiger charge is -2.09. The Morgan fingerprint density at radius 3 is 2.80 bits per heavy atom. The maximum Gasteiger partial charge on any atom is 0.252 e. The van der Waals surface area contributed by atoms with Gasteiger partial charge in [0.15, 0.2) is 0 Å². The highest BCUT2D eigenvalue weighted by Gasteiger charge is 2.05. The van der Waals surface area contributed by atoms with Crippen LogP contribution in [0.3, 0.4) is 0 Å². The number of hydrogen-bond donors (Lipinski definition) is 0. The van der Waals surface area contributed by atoms with Gasteiger partial charge in [-0.1, -0.05) is 0 Å². The smallest absolute Gasteiger partial charge is 0.252 e. The fourth-order valence-electron chi connectivity index (χ4n) is 2.03. The van der Waals surface area contributed by atoms with Gasteiger partial charge in [0.2, 0.25) is 5.88 Å². The van der Waals surface area contributed by atoms with Crippen molar-refractivity contribution in [3.8, 4) is 11.6 Å². The molecule has 0 radical (unpaired) electrons. The zero-order valence-electron chi connectivity index (χ0n) is 11.0. The van der Waals surface area contributed by atoms with E-state index in [0.717, 1.165) is 5.39 Å². The summed E-state index contributed by atoms with van der Waals surface area (Å²) in [5.74, 6) is 1.05. The van der Waals surface area contributed by atoms with Crippen molar-refractivity contribution in [2.45, 2.75) is 13.5 Å². The van der Waals surface area contributed by atoms with Crippen LogP contribution in [0, 0.1) is 0 Å². The molecule has 0 aliphatic rings. The summed E-state index contributed by atoms with van der Waals surface area (Å²) in [6.07, 6.45) is 3.29. The monoisotopic (exact) mass is 267 g/mol. The van der Waals surface area contributed by atoms with E-state index < -0.39 is 0 Å². The van der Waals surface area contributed by atoms with Gasteiger partial charge in [0, 0.05) is 30.3 Å². The van der Waals surface area contributed by atoms with Gasteiger partial charge in [-0.05, 0) is 31.2 Å². The lowest BCUT2D eigenvalue weighted by molar-refractivity contribution is 0.461. The van der Waals surface area contributed by atoms with E-state index in [9.17, 15) is 4.79 Å². The van der Waals surface area contributed by atoms with Crippen molar-refractivity contribution in [1.29, 1.82) is 0 Å². The average molecular weight is 267 g/mol. The van der Waals surface area contributed by atoms with Crippen molar-refractivity contribution in [3.05, 3.63) is 59.1 Å². The molecule has 0 saturated heterocycles. The first-order valence-corrected chi connectivity index (χ1v) is 6.36. The fraction of sp³-hybridized carbons (Fsp3) is 0.133. The van der Waals surface area contributed by atoms with Crippen LogP contribution >= 0.6 is 0 Å². The van der Waals surface area contributed by atoms with E-state index in [4.69, 9.17) is 4.74 Å².